The van der Waals surface area contributed by atoms with E-state index in [-0.39, 0.29) is 5.38 Å². The molecule has 2 aromatic heterocycles. The van der Waals surface area contributed by atoms with Crippen molar-refractivity contribution in [2.24, 2.45) is 0 Å². The van der Waals surface area contributed by atoms with Gasteiger partial charge in [-0.3, -0.25) is 4.98 Å². The van der Waals surface area contributed by atoms with Crippen LogP contribution in [0.4, 0.5) is 0 Å². The van der Waals surface area contributed by atoms with Crippen LogP contribution in [0.25, 0.3) is 11.5 Å². The molecule has 78 valence electrons. The Balaban J connectivity index is 2.37. The van der Waals surface area contributed by atoms with E-state index in [2.05, 4.69) is 15.1 Å². The molecule has 1 unspecified atom stereocenters. The van der Waals surface area contributed by atoms with Gasteiger partial charge in [0, 0.05) is 12.4 Å². The summed E-state index contributed by atoms with van der Waals surface area (Å²) in [5.41, 5.74) is 1.86. The van der Waals surface area contributed by atoms with Gasteiger partial charge in [-0.05, 0) is 25.5 Å². The highest BCUT2D eigenvalue weighted by molar-refractivity contribution is 6.20. The van der Waals surface area contributed by atoms with Crippen molar-refractivity contribution in [2.75, 3.05) is 0 Å². The Morgan fingerprint density at radius 3 is 2.80 bits per heavy atom. The van der Waals surface area contributed by atoms with Crippen molar-refractivity contribution in [1.29, 1.82) is 0 Å². The minimum absolute atomic E-state index is 0.250. The first kappa shape index (κ1) is 10.1. The highest BCUT2D eigenvalue weighted by Crippen LogP contribution is 2.21. The van der Waals surface area contributed by atoms with E-state index in [0.717, 1.165) is 11.1 Å². The van der Waals surface area contributed by atoms with Crippen molar-refractivity contribution in [1.82, 2.24) is 15.1 Å². The molecule has 0 aliphatic heterocycles. The summed E-state index contributed by atoms with van der Waals surface area (Å²) in [6.07, 6.45) is 3.45. The summed E-state index contributed by atoms with van der Waals surface area (Å²) < 4.78 is 5.08. The van der Waals surface area contributed by atoms with Gasteiger partial charge < -0.3 is 4.52 Å². The van der Waals surface area contributed by atoms with Crippen LogP contribution >= 0.6 is 11.6 Å². The number of hydrogen-bond donors (Lipinski definition) is 0. The van der Waals surface area contributed by atoms with Crippen molar-refractivity contribution in [3.8, 4) is 11.5 Å². The molecule has 0 saturated heterocycles. The lowest BCUT2D eigenvalue weighted by Crippen LogP contribution is -1.87. The van der Waals surface area contributed by atoms with E-state index in [1.165, 1.54) is 0 Å². The largest absolute Gasteiger partial charge is 0.334 e. The smallest absolute Gasteiger partial charge is 0.259 e. The molecule has 0 fully saturated rings. The van der Waals surface area contributed by atoms with Gasteiger partial charge in [0.25, 0.3) is 5.89 Å². The second kappa shape index (κ2) is 3.98. The maximum Gasteiger partial charge on any atom is 0.259 e. The van der Waals surface area contributed by atoms with Crippen molar-refractivity contribution >= 4 is 11.6 Å². The van der Waals surface area contributed by atoms with Gasteiger partial charge in [-0.2, -0.15) is 4.98 Å². The van der Waals surface area contributed by atoms with Crippen molar-refractivity contribution in [2.45, 2.75) is 19.2 Å². The molecule has 0 amide bonds. The number of alkyl halides is 1. The van der Waals surface area contributed by atoms with Gasteiger partial charge in [-0.1, -0.05) is 5.16 Å². The number of aryl methyl sites for hydroxylation is 1. The lowest BCUT2D eigenvalue weighted by Gasteiger charge is -1.94. The predicted molar refractivity (Wildman–Crippen MR) is 56.5 cm³/mol. The number of hydrogen-bond acceptors (Lipinski definition) is 4. The van der Waals surface area contributed by atoms with E-state index in [1.807, 2.05) is 13.0 Å². The standard InChI is InChI=1S/C10H10ClN3O/c1-6-3-8(5-12-4-6)10-13-9(7(2)11)14-15-10/h3-5,7H,1-2H3. The second-order valence-corrected chi connectivity index (χ2v) is 3.98. The van der Waals surface area contributed by atoms with Gasteiger partial charge in [-0.15, -0.1) is 11.6 Å². The molecule has 1 atom stereocenters. The molecule has 0 N–H and O–H groups in total. The zero-order valence-electron chi connectivity index (χ0n) is 8.44. The molecular formula is C10H10ClN3O. The van der Waals surface area contributed by atoms with Gasteiger partial charge in [-0.25, -0.2) is 0 Å². The summed E-state index contributed by atoms with van der Waals surface area (Å²) in [4.78, 5) is 8.23. The molecule has 0 saturated carbocycles. The van der Waals surface area contributed by atoms with Crippen molar-refractivity contribution in [3.05, 3.63) is 29.8 Å². The molecule has 0 aliphatic carbocycles. The first-order chi connectivity index (χ1) is 7.16. The zero-order chi connectivity index (χ0) is 10.8. The van der Waals surface area contributed by atoms with Gasteiger partial charge in [0.1, 0.15) is 0 Å². The van der Waals surface area contributed by atoms with Gasteiger partial charge in [0.15, 0.2) is 5.82 Å². The van der Waals surface area contributed by atoms with Crippen LogP contribution in [0.2, 0.25) is 0 Å². The fraction of sp³-hybridized carbons (Fsp3) is 0.300. The Bertz CT molecular complexity index is 467. The fourth-order valence-corrected chi connectivity index (χ4v) is 1.27. The van der Waals surface area contributed by atoms with E-state index in [1.54, 1.807) is 19.3 Å². The molecule has 0 bridgehead atoms. The van der Waals surface area contributed by atoms with Crippen LogP contribution in [0.1, 0.15) is 23.7 Å². The Morgan fingerprint density at radius 1 is 1.40 bits per heavy atom. The molecule has 2 aromatic rings. The maximum absolute atomic E-state index is 5.83. The first-order valence-corrected chi connectivity index (χ1v) is 5.00. The lowest BCUT2D eigenvalue weighted by atomic mass is 10.2. The van der Waals surface area contributed by atoms with Crippen LogP contribution in [0, 0.1) is 6.92 Å². The molecule has 2 rings (SSSR count). The Hall–Kier alpha value is -1.42. The Labute approximate surface area is 92.3 Å². The summed E-state index contributed by atoms with van der Waals surface area (Å²) in [5, 5.41) is 3.53. The first-order valence-electron chi connectivity index (χ1n) is 4.56. The third kappa shape index (κ3) is 2.15. The van der Waals surface area contributed by atoms with Crippen LogP contribution in [-0.2, 0) is 0 Å². The number of aromatic nitrogens is 3. The third-order valence-electron chi connectivity index (χ3n) is 1.92. The van der Waals surface area contributed by atoms with E-state index < -0.39 is 0 Å². The predicted octanol–water partition coefficient (Wildman–Crippen LogP) is 2.74. The summed E-state index contributed by atoms with van der Waals surface area (Å²) in [5.74, 6) is 0.946. The van der Waals surface area contributed by atoms with E-state index >= 15 is 0 Å². The highest BCUT2D eigenvalue weighted by Gasteiger charge is 2.12. The van der Waals surface area contributed by atoms with Gasteiger partial charge in [0.2, 0.25) is 0 Å². The summed E-state index contributed by atoms with van der Waals surface area (Å²) in [6.45, 7) is 3.75. The van der Waals surface area contributed by atoms with Gasteiger partial charge in [0.05, 0.1) is 10.9 Å². The number of pyridine rings is 1. The second-order valence-electron chi connectivity index (χ2n) is 3.32. The number of halogens is 1. The third-order valence-corrected chi connectivity index (χ3v) is 2.11. The summed E-state index contributed by atoms with van der Waals surface area (Å²) in [6, 6.07) is 1.93. The van der Waals surface area contributed by atoms with E-state index in [9.17, 15) is 0 Å². The molecule has 0 aliphatic rings. The monoisotopic (exact) mass is 223 g/mol. The highest BCUT2D eigenvalue weighted by atomic mass is 35.5. The van der Waals surface area contributed by atoms with Crippen LogP contribution in [-0.4, -0.2) is 15.1 Å². The average molecular weight is 224 g/mol. The minimum atomic E-state index is -0.250. The zero-order valence-corrected chi connectivity index (χ0v) is 9.19. The molecule has 0 spiro atoms. The maximum atomic E-state index is 5.83. The molecule has 5 heteroatoms. The van der Waals surface area contributed by atoms with Crippen molar-refractivity contribution < 1.29 is 4.52 Å². The topological polar surface area (TPSA) is 51.8 Å². The average Bonchev–Trinajstić information content (AvgIpc) is 2.66. The van der Waals surface area contributed by atoms with E-state index in [4.69, 9.17) is 16.1 Å². The lowest BCUT2D eigenvalue weighted by molar-refractivity contribution is 0.422. The Morgan fingerprint density at radius 2 is 2.20 bits per heavy atom. The van der Waals surface area contributed by atoms with E-state index in [0.29, 0.717) is 11.7 Å². The molecule has 0 radical (unpaired) electrons. The molecule has 0 aromatic carbocycles. The summed E-state index contributed by atoms with van der Waals surface area (Å²) >= 11 is 5.83. The quantitative estimate of drug-likeness (QED) is 0.735. The molecule has 15 heavy (non-hydrogen) atoms. The molecule has 2 heterocycles. The number of rotatable bonds is 2. The fourth-order valence-electron chi connectivity index (χ4n) is 1.19. The van der Waals surface area contributed by atoms with Crippen LogP contribution in [0.15, 0.2) is 23.0 Å². The van der Waals surface area contributed by atoms with Crippen molar-refractivity contribution in [3.63, 3.8) is 0 Å². The number of nitrogens with zero attached hydrogens (tertiary/aromatic N) is 3. The van der Waals surface area contributed by atoms with Crippen LogP contribution in [0.3, 0.4) is 0 Å². The normalized spacial score (nSPS) is 12.7. The molecule has 4 nitrogen and oxygen atoms in total. The summed E-state index contributed by atoms with van der Waals surface area (Å²) in [7, 11) is 0. The van der Waals surface area contributed by atoms with Crippen LogP contribution < -0.4 is 0 Å². The Kier molecular flexibility index (Phi) is 2.68. The van der Waals surface area contributed by atoms with Gasteiger partial charge >= 0.3 is 0 Å². The molecular weight excluding hydrogens is 214 g/mol. The SMILES string of the molecule is Cc1cncc(-c2nc(C(C)Cl)no2)c1. The van der Waals surface area contributed by atoms with Crippen LogP contribution in [0.5, 0.6) is 0 Å². The minimum Gasteiger partial charge on any atom is -0.334 e.